The molecule has 4 heteroatoms. The van der Waals surface area contributed by atoms with Gasteiger partial charge in [0.2, 0.25) is 0 Å². The molecule has 1 N–H and O–H groups in total. The van der Waals surface area contributed by atoms with E-state index in [1.807, 2.05) is 54.7 Å². The number of nitrogens with zero attached hydrogens (tertiary/aromatic N) is 3. The number of benzene rings is 7. The van der Waals surface area contributed by atoms with Crippen molar-refractivity contribution in [2.75, 3.05) is 0 Å². The lowest BCUT2D eigenvalue weighted by Crippen LogP contribution is -2.33. The minimum absolute atomic E-state index is 0.306. The van der Waals surface area contributed by atoms with Gasteiger partial charge in [0.05, 0.1) is 5.69 Å². The highest BCUT2D eigenvalue weighted by Gasteiger charge is 2.21. The Morgan fingerprint density at radius 3 is 2.02 bits per heavy atom. The fraction of sp³-hybridized carbons (Fsp3) is 0.0192. The molecule has 0 saturated carbocycles. The molecule has 9 rings (SSSR count). The smallest absolute Gasteiger partial charge is 0.159 e. The molecule has 7 aromatic carbocycles. The molecule has 0 amide bonds. The van der Waals surface area contributed by atoms with Crippen LogP contribution in [0.15, 0.2) is 222 Å². The molecular weight excluding hydrogens is 681 g/mol. The maximum atomic E-state index is 5.01. The van der Waals surface area contributed by atoms with Gasteiger partial charge in [-0.3, -0.25) is 4.98 Å². The van der Waals surface area contributed by atoms with Crippen LogP contribution in [0, 0.1) is 0 Å². The fourth-order valence-electron chi connectivity index (χ4n) is 7.13. The average molecular weight is 719 g/mol. The van der Waals surface area contributed by atoms with Gasteiger partial charge in [0.1, 0.15) is 12.0 Å². The van der Waals surface area contributed by atoms with E-state index < -0.39 is 0 Å². The Morgan fingerprint density at radius 2 is 1.23 bits per heavy atom. The summed E-state index contributed by atoms with van der Waals surface area (Å²) in [5.41, 5.74) is 10.3. The van der Waals surface area contributed by atoms with Gasteiger partial charge in [-0.15, -0.1) is 0 Å². The first-order chi connectivity index (χ1) is 27.6. The molecule has 1 aliphatic heterocycles. The fourth-order valence-corrected chi connectivity index (χ4v) is 7.13. The lowest BCUT2D eigenvalue weighted by Gasteiger charge is -2.24. The Kier molecular flexibility index (Phi) is 9.51. The van der Waals surface area contributed by atoms with Crippen LogP contribution in [0.4, 0.5) is 0 Å². The average Bonchev–Trinajstić information content (AvgIpc) is 3.28. The molecular formula is C52H38N4. The van der Waals surface area contributed by atoms with Crippen molar-refractivity contribution < 1.29 is 0 Å². The molecule has 1 atom stereocenters. The number of fused-ring (bicyclic) bond motifs is 2. The van der Waals surface area contributed by atoms with Gasteiger partial charge in [-0.1, -0.05) is 189 Å². The number of aromatic nitrogens is 1. The molecule has 56 heavy (non-hydrogen) atoms. The lowest BCUT2D eigenvalue weighted by atomic mass is 9.96. The number of hydrogen-bond acceptors (Lipinski definition) is 4. The maximum absolute atomic E-state index is 5.01. The molecule has 2 heterocycles. The number of aliphatic imine (C=N–C) groups is 2. The van der Waals surface area contributed by atoms with E-state index in [1.54, 1.807) is 0 Å². The Bertz CT molecular complexity index is 2810. The molecule has 0 fully saturated rings. The zero-order chi connectivity index (χ0) is 37.7. The number of rotatable bonds is 9. The molecule has 4 nitrogen and oxygen atoms in total. The van der Waals surface area contributed by atoms with Crippen molar-refractivity contribution >= 4 is 44.9 Å². The van der Waals surface area contributed by atoms with Crippen molar-refractivity contribution in [2.24, 2.45) is 9.98 Å². The monoisotopic (exact) mass is 718 g/mol. The van der Waals surface area contributed by atoms with Gasteiger partial charge < -0.3 is 5.32 Å². The molecule has 8 aromatic rings. The summed E-state index contributed by atoms with van der Waals surface area (Å²) in [6, 6.07) is 63.2. The number of allylic oxidation sites excluding steroid dienone is 2. The number of nitrogens with one attached hydrogen (secondary N) is 1. The van der Waals surface area contributed by atoms with Crippen molar-refractivity contribution in [3.05, 3.63) is 235 Å². The molecule has 0 bridgehead atoms. The Hall–Kier alpha value is -7.43. The van der Waals surface area contributed by atoms with Crippen molar-refractivity contribution in [1.29, 1.82) is 0 Å². The molecule has 0 radical (unpaired) electrons. The molecule has 0 saturated heterocycles. The second-order valence-electron chi connectivity index (χ2n) is 13.8. The van der Waals surface area contributed by atoms with Crippen LogP contribution in [0.25, 0.3) is 55.6 Å². The second kappa shape index (κ2) is 15.5. The third-order valence-electron chi connectivity index (χ3n) is 10.1. The van der Waals surface area contributed by atoms with Crippen LogP contribution >= 0.6 is 0 Å². The highest BCUT2D eigenvalue weighted by Crippen LogP contribution is 2.30. The van der Waals surface area contributed by atoms with Crippen LogP contribution in [0.5, 0.6) is 0 Å². The summed E-state index contributed by atoms with van der Waals surface area (Å²) >= 11 is 0. The van der Waals surface area contributed by atoms with E-state index in [0.29, 0.717) is 11.7 Å². The summed E-state index contributed by atoms with van der Waals surface area (Å²) in [6.45, 7) is 4.55. The van der Waals surface area contributed by atoms with Gasteiger partial charge in [0.25, 0.3) is 0 Å². The van der Waals surface area contributed by atoms with Gasteiger partial charge in [-0.2, -0.15) is 0 Å². The summed E-state index contributed by atoms with van der Waals surface area (Å²) < 4.78 is 0. The van der Waals surface area contributed by atoms with E-state index in [-0.39, 0.29) is 6.17 Å². The van der Waals surface area contributed by atoms with E-state index in [0.717, 1.165) is 55.6 Å². The largest absolute Gasteiger partial charge is 0.344 e. The third kappa shape index (κ3) is 7.37. The lowest BCUT2D eigenvalue weighted by molar-refractivity contribution is 0.674. The molecule has 1 aromatic heterocycles. The highest BCUT2D eigenvalue weighted by molar-refractivity contribution is 6.14. The summed E-state index contributed by atoms with van der Waals surface area (Å²) in [4.78, 5) is 14.8. The van der Waals surface area contributed by atoms with Crippen molar-refractivity contribution in [3.8, 4) is 22.4 Å². The van der Waals surface area contributed by atoms with E-state index in [4.69, 9.17) is 15.0 Å². The van der Waals surface area contributed by atoms with Gasteiger partial charge in [-0.25, -0.2) is 9.98 Å². The second-order valence-corrected chi connectivity index (χ2v) is 13.8. The first-order valence-electron chi connectivity index (χ1n) is 18.8. The minimum atomic E-state index is -0.306. The topological polar surface area (TPSA) is 49.6 Å². The first-order valence-corrected chi connectivity index (χ1v) is 18.8. The predicted octanol–water partition coefficient (Wildman–Crippen LogP) is 12.5. The first kappa shape index (κ1) is 34.3. The summed E-state index contributed by atoms with van der Waals surface area (Å²) in [7, 11) is 0. The van der Waals surface area contributed by atoms with Gasteiger partial charge in [-0.05, 0) is 67.8 Å². The van der Waals surface area contributed by atoms with Crippen LogP contribution in [-0.4, -0.2) is 16.7 Å². The number of hydrogen-bond donors (Lipinski definition) is 1. The molecule has 1 unspecified atom stereocenters. The van der Waals surface area contributed by atoms with Crippen LogP contribution in [0.3, 0.4) is 0 Å². The van der Waals surface area contributed by atoms with E-state index in [9.17, 15) is 0 Å². The van der Waals surface area contributed by atoms with E-state index >= 15 is 0 Å². The van der Waals surface area contributed by atoms with Gasteiger partial charge in [0.15, 0.2) is 5.84 Å². The van der Waals surface area contributed by atoms with Crippen LogP contribution in [0.2, 0.25) is 0 Å². The van der Waals surface area contributed by atoms with Crippen LogP contribution in [-0.2, 0) is 0 Å². The summed E-state index contributed by atoms with van der Waals surface area (Å²) in [5, 5.41) is 8.35. The Balaban J connectivity index is 1.07. The van der Waals surface area contributed by atoms with Gasteiger partial charge in [0, 0.05) is 28.3 Å². The maximum Gasteiger partial charge on any atom is 0.159 e. The minimum Gasteiger partial charge on any atom is -0.344 e. The van der Waals surface area contributed by atoms with Crippen LogP contribution in [0.1, 0.15) is 28.4 Å². The Labute approximate surface area is 327 Å². The quantitative estimate of drug-likeness (QED) is 0.151. The van der Waals surface area contributed by atoms with Crippen molar-refractivity contribution in [1.82, 2.24) is 10.3 Å². The van der Waals surface area contributed by atoms with Gasteiger partial charge >= 0.3 is 0 Å². The SMILES string of the molecule is C=C(/C=C(\C=C\c1ccc(-c2nccc3ccccc23)cc1)c1ccc(-c2ccc3ccccc3c2)cc1)C1=NC(c2ccccc2)=NC(c2ccccc2)N1. The highest BCUT2D eigenvalue weighted by atomic mass is 15.2. The zero-order valence-corrected chi connectivity index (χ0v) is 30.8. The summed E-state index contributed by atoms with van der Waals surface area (Å²) in [6.07, 6.45) is 7.99. The van der Waals surface area contributed by atoms with Crippen molar-refractivity contribution in [2.45, 2.75) is 6.17 Å². The standard InChI is InChI=1S/C52H38N4/c1-36(50-54-51(43-14-4-2-5-15-43)56-52(55-50)44-16-6-3-7-17-44)34-46(39-26-28-40(29-27-39)47-31-30-38-12-8-9-18-45(38)35-47)25-22-37-20-23-42(24-21-37)49-48-19-11-10-13-41(48)32-33-53-49/h2-35,51H,1H2,(H,54,55,56)/b25-22+,46-34+. The molecule has 266 valence electrons. The molecule has 0 aliphatic carbocycles. The third-order valence-corrected chi connectivity index (χ3v) is 10.1. The number of amidine groups is 2. The van der Waals surface area contributed by atoms with Crippen LogP contribution < -0.4 is 5.32 Å². The summed E-state index contributed by atoms with van der Waals surface area (Å²) in [5.74, 6) is 1.35. The van der Waals surface area contributed by atoms with E-state index in [1.165, 1.54) is 21.7 Å². The van der Waals surface area contributed by atoms with Crippen molar-refractivity contribution in [3.63, 3.8) is 0 Å². The molecule has 1 aliphatic rings. The predicted molar refractivity (Wildman–Crippen MR) is 235 cm³/mol. The molecule has 0 spiro atoms. The number of pyridine rings is 1. The zero-order valence-electron chi connectivity index (χ0n) is 30.8. The normalized spacial score (nSPS) is 14.4. The Morgan fingerprint density at radius 1 is 0.571 bits per heavy atom. The van der Waals surface area contributed by atoms with E-state index in [2.05, 4.69) is 164 Å².